The summed E-state index contributed by atoms with van der Waals surface area (Å²) in [6.45, 7) is 3.29. The summed E-state index contributed by atoms with van der Waals surface area (Å²) in [5.74, 6) is -0.259. The van der Waals surface area contributed by atoms with E-state index in [-0.39, 0.29) is 12.1 Å². The number of hydrazine groups is 1. The van der Waals surface area contributed by atoms with Gasteiger partial charge in [-0.25, -0.2) is 22.8 Å². The van der Waals surface area contributed by atoms with Crippen LogP contribution in [0, 0.1) is 18.6 Å². The minimum absolute atomic E-state index is 0.0818. The van der Waals surface area contributed by atoms with Gasteiger partial charge >= 0.3 is 5.69 Å². The summed E-state index contributed by atoms with van der Waals surface area (Å²) < 4.78 is 29.9. The van der Waals surface area contributed by atoms with E-state index in [0.717, 1.165) is 36.0 Å². The van der Waals surface area contributed by atoms with E-state index in [4.69, 9.17) is 0 Å². The van der Waals surface area contributed by atoms with E-state index in [0.29, 0.717) is 17.4 Å². The van der Waals surface area contributed by atoms with Crippen LogP contribution in [0.2, 0.25) is 0 Å². The molecule has 2 heterocycles. The molecule has 1 aliphatic rings. The number of nitrogens with zero attached hydrogens (tertiary/aromatic N) is 3. The van der Waals surface area contributed by atoms with Crippen LogP contribution in [0.25, 0.3) is 5.69 Å². The fourth-order valence-electron chi connectivity index (χ4n) is 3.34. The molecule has 0 atom stereocenters. The second kappa shape index (κ2) is 7.05. The van der Waals surface area contributed by atoms with Crippen LogP contribution >= 0.6 is 0 Å². The van der Waals surface area contributed by atoms with Crippen LogP contribution < -0.4 is 16.5 Å². The van der Waals surface area contributed by atoms with Crippen molar-refractivity contribution in [2.24, 2.45) is 0 Å². The molecule has 2 N–H and O–H groups in total. The van der Waals surface area contributed by atoms with Crippen molar-refractivity contribution >= 4 is 0 Å². The smallest absolute Gasteiger partial charge is 0.257 e. The summed E-state index contributed by atoms with van der Waals surface area (Å²) in [7, 11) is 0. The largest absolute Gasteiger partial charge is 0.350 e. The third-order valence-corrected chi connectivity index (χ3v) is 4.77. The molecular formula is C19H19F2N5O. The minimum atomic E-state index is -0.571. The van der Waals surface area contributed by atoms with Crippen LogP contribution in [-0.4, -0.2) is 27.4 Å². The maximum absolute atomic E-state index is 13.9. The van der Waals surface area contributed by atoms with E-state index in [1.54, 1.807) is 6.92 Å². The quantitative estimate of drug-likeness (QED) is 0.735. The first-order valence-corrected chi connectivity index (χ1v) is 8.69. The van der Waals surface area contributed by atoms with Crippen LogP contribution in [-0.2, 0) is 6.54 Å². The van der Waals surface area contributed by atoms with Crippen molar-refractivity contribution in [3.8, 4) is 5.69 Å². The fourth-order valence-corrected chi connectivity index (χ4v) is 3.34. The van der Waals surface area contributed by atoms with Crippen LogP contribution in [0.5, 0.6) is 0 Å². The van der Waals surface area contributed by atoms with Gasteiger partial charge in [-0.05, 0) is 42.8 Å². The molecule has 0 bridgehead atoms. The topological polar surface area (TPSA) is 63.9 Å². The van der Waals surface area contributed by atoms with E-state index < -0.39 is 17.3 Å². The molecule has 1 saturated heterocycles. The number of benzene rings is 2. The molecule has 27 heavy (non-hydrogen) atoms. The Balaban J connectivity index is 1.64. The molecule has 1 fully saturated rings. The third-order valence-electron chi connectivity index (χ3n) is 4.77. The molecule has 0 radical (unpaired) electrons. The highest BCUT2D eigenvalue weighted by Crippen LogP contribution is 2.19. The Morgan fingerprint density at radius 3 is 2.52 bits per heavy atom. The number of nitrogens with one attached hydrogen (secondary N) is 2. The molecule has 0 aliphatic carbocycles. The molecule has 0 spiro atoms. The monoisotopic (exact) mass is 371 g/mol. The van der Waals surface area contributed by atoms with Gasteiger partial charge in [-0.1, -0.05) is 12.1 Å². The molecule has 2 aromatic carbocycles. The number of rotatable bonds is 4. The van der Waals surface area contributed by atoms with Crippen LogP contribution in [0.1, 0.15) is 22.9 Å². The van der Waals surface area contributed by atoms with Crippen molar-refractivity contribution in [2.75, 3.05) is 13.1 Å². The summed E-state index contributed by atoms with van der Waals surface area (Å²) in [6, 6.07) is 10.9. The molecule has 8 heteroatoms. The van der Waals surface area contributed by atoms with Crippen molar-refractivity contribution in [2.45, 2.75) is 19.4 Å². The third kappa shape index (κ3) is 3.41. The maximum atomic E-state index is 13.9. The number of hydrogen-bond donors (Lipinski definition) is 2. The summed E-state index contributed by atoms with van der Waals surface area (Å²) in [4.78, 5) is 12.8. The summed E-state index contributed by atoms with van der Waals surface area (Å²) >= 11 is 0. The van der Waals surface area contributed by atoms with Gasteiger partial charge in [0.2, 0.25) is 0 Å². The maximum Gasteiger partial charge on any atom is 0.350 e. The molecule has 1 aromatic heterocycles. The van der Waals surface area contributed by atoms with Gasteiger partial charge in [-0.15, -0.1) is 0 Å². The Morgan fingerprint density at radius 2 is 1.81 bits per heavy atom. The molecule has 1 aliphatic heterocycles. The Morgan fingerprint density at radius 1 is 1.11 bits per heavy atom. The first kappa shape index (κ1) is 17.6. The van der Waals surface area contributed by atoms with Gasteiger partial charge in [0.25, 0.3) is 0 Å². The zero-order valence-electron chi connectivity index (χ0n) is 14.7. The van der Waals surface area contributed by atoms with Crippen molar-refractivity contribution < 1.29 is 8.78 Å². The molecule has 6 nitrogen and oxygen atoms in total. The molecule has 3 aromatic rings. The van der Waals surface area contributed by atoms with Crippen LogP contribution in [0.3, 0.4) is 0 Å². The van der Waals surface area contributed by atoms with E-state index in [9.17, 15) is 13.6 Å². The highest BCUT2D eigenvalue weighted by molar-refractivity contribution is 5.37. The summed E-state index contributed by atoms with van der Waals surface area (Å²) in [6.07, 6.45) is 0. The van der Waals surface area contributed by atoms with Gasteiger partial charge in [0, 0.05) is 24.6 Å². The lowest BCUT2D eigenvalue weighted by Gasteiger charge is -2.09. The predicted octanol–water partition coefficient (Wildman–Crippen LogP) is 1.86. The molecule has 0 saturated carbocycles. The van der Waals surface area contributed by atoms with Crippen molar-refractivity contribution in [1.29, 1.82) is 0 Å². The zero-order chi connectivity index (χ0) is 19.0. The van der Waals surface area contributed by atoms with Crippen molar-refractivity contribution in [3.63, 3.8) is 0 Å². The number of halogens is 2. The molecular weight excluding hydrogens is 352 g/mol. The van der Waals surface area contributed by atoms with Gasteiger partial charge in [-0.2, -0.15) is 5.10 Å². The van der Waals surface area contributed by atoms with Crippen LogP contribution in [0.4, 0.5) is 8.78 Å². The SMILES string of the molecule is Cc1nn(Cc2cc(F)ccc2F)c(=O)n1-c1ccc(C2CNNC2)cc1. The van der Waals surface area contributed by atoms with Gasteiger partial charge in [0.05, 0.1) is 12.2 Å². The molecule has 0 unspecified atom stereocenters. The van der Waals surface area contributed by atoms with Gasteiger partial charge < -0.3 is 0 Å². The molecule has 0 amide bonds. The predicted molar refractivity (Wildman–Crippen MR) is 96.8 cm³/mol. The standard InChI is InChI=1S/C19H19F2N5O/c1-12-24-25(11-14-8-16(20)4-7-18(14)21)19(27)26(12)17-5-2-13(3-6-17)15-9-22-23-10-15/h2-8,15,22-23H,9-11H2,1H3. The second-order valence-corrected chi connectivity index (χ2v) is 6.61. The Labute approximate surface area is 154 Å². The number of aryl methyl sites for hydroxylation is 1. The first-order valence-electron chi connectivity index (χ1n) is 8.69. The Bertz CT molecular complexity index is 1020. The molecule has 4 rings (SSSR count). The molecule has 140 valence electrons. The second-order valence-electron chi connectivity index (χ2n) is 6.61. The summed E-state index contributed by atoms with van der Waals surface area (Å²) in [5, 5.41) is 4.21. The van der Waals surface area contributed by atoms with Gasteiger partial charge in [0.15, 0.2) is 0 Å². The van der Waals surface area contributed by atoms with Crippen molar-refractivity contribution in [3.05, 3.63) is 81.5 Å². The normalized spacial score (nSPS) is 14.8. The Hall–Kier alpha value is -2.84. The fraction of sp³-hybridized carbons (Fsp3) is 0.263. The van der Waals surface area contributed by atoms with E-state index in [2.05, 4.69) is 16.0 Å². The van der Waals surface area contributed by atoms with E-state index >= 15 is 0 Å². The summed E-state index contributed by atoms with van der Waals surface area (Å²) in [5.41, 5.74) is 7.74. The first-order chi connectivity index (χ1) is 13.0. The van der Waals surface area contributed by atoms with Crippen molar-refractivity contribution in [1.82, 2.24) is 25.2 Å². The number of hydrogen-bond acceptors (Lipinski definition) is 4. The van der Waals surface area contributed by atoms with E-state index in [1.807, 2.05) is 24.3 Å². The average molecular weight is 371 g/mol. The van der Waals surface area contributed by atoms with Crippen LogP contribution in [0.15, 0.2) is 47.3 Å². The average Bonchev–Trinajstić information content (AvgIpc) is 3.28. The lowest BCUT2D eigenvalue weighted by Crippen LogP contribution is -2.25. The zero-order valence-corrected chi connectivity index (χ0v) is 14.7. The van der Waals surface area contributed by atoms with E-state index in [1.165, 1.54) is 10.1 Å². The van der Waals surface area contributed by atoms with Gasteiger partial charge in [0.1, 0.15) is 17.5 Å². The lowest BCUT2D eigenvalue weighted by atomic mass is 10.0. The number of aromatic nitrogens is 3. The minimum Gasteiger partial charge on any atom is -0.257 e. The lowest BCUT2D eigenvalue weighted by molar-refractivity contribution is 0.559. The Kier molecular flexibility index (Phi) is 4.59. The highest BCUT2D eigenvalue weighted by Gasteiger charge is 2.18. The van der Waals surface area contributed by atoms with Gasteiger partial charge in [-0.3, -0.25) is 10.9 Å². The highest BCUT2D eigenvalue weighted by atomic mass is 19.1.